The van der Waals surface area contributed by atoms with E-state index in [1.54, 1.807) is 6.92 Å². The summed E-state index contributed by atoms with van der Waals surface area (Å²) >= 11 is 0. The van der Waals surface area contributed by atoms with Crippen molar-refractivity contribution in [3.63, 3.8) is 0 Å². The van der Waals surface area contributed by atoms with Crippen molar-refractivity contribution in [2.45, 2.75) is 91.6 Å². The zero-order chi connectivity index (χ0) is 25.5. The third kappa shape index (κ3) is 11.0. The molecule has 0 aromatic heterocycles. The summed E-state index contributed by atoms with van der Waals surface area (Å²) in [6, 6.07) is 14.6. The molecule has 192 valence electrons. The first-order valence-corrected chi connectivity index (χ1v) is 13.3. The average molecular weight is 481 g/mol. The van der Waals surface area contributed by atoms with Crippen molar-refractivity contribution in [1.82, 2.24) is 0 Å². The van der Waals surface area contributed by atoms with Gasteiger partial charge in [-0.25, -0.2) is 4.79 Å². The van der Waals surface area contributed by atoms with Crippen molar-refractivity contribution in [2.24, 2.45) is 0 Å². The van der Waals surface area contributed by atoms with Crippen molar-refractivity contribution >= 4 is 5.97 Å². The maximum Gasteiger partial charge on any atom is 0.333 e. The molecule has 2 aromatic carbocycles. The molecule has 0 N–H and O–H groups in total. The maximum absolute atomic E-state index is 12.2. The smallest absolute Gasteiger partial charge is 0.333 e. The van der Waals surface area contributed by atoms with Crippen molar-refractivity contribution in [3.8, 4) is 11.5 Å². The van der Waals surface area contributed by atoms with Gasteiger partial charge in [-0.05, 0) is 86.4 Å². The Bertz CT molecular complexity index is 874. The Morgan fingerprint density at radius 2 is 1.23 bits per heavy atom. The molecule has 0 aliphatic carbocycles. The summed E-state index contributed by atoms with van der Waals surface area (Å²) in [7, 11) is 0. The summed E-state index contributed by atoms with van der Waals surface area (Å²) in [6.45, 7) is 12.4. The van der Waals surface area contributed by atoms with Gasteiger partial charge in [0.25, 0.3) is 0 Å². The van der Waals surface area contributed by atoms with E-state index in [-0.39, 0.29) is 13.2 Å². The minimum absolute atomic E-state index is 0.214. The molecule has 0 aliphatic heterocycles. The molecule has 0 spiro atoms. The third-order valence-electron chi connectivity index (χ3n) is 5.90. The van der Waals surface area contributed by atoms with E-state index in [2.05, 4.69) is 57.7 Å². The van der Waals surface area contributed by atoms with E-state index in [4.69, 9.17) is 14.2 Å². The lowest BCUT2D eigenvalue weighted by Gasteiger charge is -2.20. The van der Waals surface area contributed by atoms with Gasteiger partial charge in [-0.3, -0.25) is 0 Å². The van der Waals surface area contributed by atoms with Crippen LogP contribution in [0.25, 0.3) is 0 Å². The number of benzene rings is 2. The van der Waals surface area contributed by atoms with E-state index in [0.29, 0.717) is 5.57 Å². The van der Waals surface area contributed by atoms with E-state index in [1.165, 1.54) is 29.5 Å². The highest BCUT2D eigenvalue weighted by Crippen LogP contribution is 2.22. The maximum atomic E-state index is 12.2. The van der Waals surface area contributed by atoms with Crippen LogP contribution in [-0.2, 0) is 28.8 Å². The zero-order valence-electron chi connectivity index (χ0n) is 22.2. The fraction of sp³-hybridized carbons (Fsp3) is 0.516. The topological polar surface area (TPSA) is 44.8 Å². The van der Waals surface area contributed by atoms with Gasteiger partial charge in [-0.2, -0.15) is 0 Å². The first-order valence-electron chi connectivity index (χ1n) is 13.3. The van der Waals surface area contributed by atoms with Gasteiger partial charge in [-0.1, -0.05) is 64.8 Å². The number of ether oxygens (including phenoxy) is 3. The van der Waals surface area contributed by atoms with Crippen LogP contribution < -0.4 is 9.47 Å². The molecule has 1 unspecified atom stereocenters. The summed E-state index contributed by atoms with van der Waals surface area (Å²) in [5.74, 6) is 1.14. The Morgan fingerprint density at radius 1 is 0.743 bits per heavy atom. The second-order valence-corrected chi connectivity index (χ2v) is 9.37. The predicted octanol–water partition coefficient (Wildman–Crippen LogP) is 7.66. The number of hydrogen-bond donors (Lipinski definition) is 0. The summed E-state index contributed by atoms with van der Waals surface area (Å²) in [6.07, 6.45) is 9.58. The van der Waals surface area contributed by atoms with Crippen molar-refractivity contribution in [3.05, 3.63) is 71.3 Å². The second-order valence-electron chi connectivity index (χ2n) is 9.37. The Labute approximate surface area is 212 Å². The molecule has 4 nitrogen and oxygen atoms in total. The lowest BCUT2D eigenvalue weighted by Crippen LogP contribution is -2.31. The Kier molecular flexibility index (Phi) is 13.0. The van der Waals surface area contributed by atoms with Crippen LogP contribution in [0, 0.1) is 0 Å². The van der Waals surface area contributed by atoms with Crippen LogP contribution in [0.15, 0.2) is 54.6 Å². The monoisotopic (exact) mass is 480 g/mol. The van der Waals surface area contributed by atoms with Crippen LogP contribution in [0.3, 0.4) is 0 Å². The number of carbonyl (C=O) groups excluding carboxylic acids is 1. The number of carbonyl (C=O) groups is 1. The predicted molar refractivity (Wildman–Crippen MR) is 144 cm³/mol. The SMILES string of the molecule is C=C(C)C(=O)OC(COc1ccc(CCCC)cc1)COc1cc(CCCC)cc(CCCC)c1. The molecule has 0 bridgehead atoms. The van der Waals surface area contributed by atoms with Crippen molar-refractivity contribution < 1.29 is 19.0 Å². The molecule has 2 rings (SSSR count). The lowest BCUT2D eigenvalue weighted by atomic mass is 10.0. The average Bonchev–Trinajstić information content (AvgIpc) is 2.86. The van der Waals surface area contributed by atoms with Gasteiger partial charge in [0, 0.05) is 5.57 Å². The molecule has 1 atom stereocenters. The van der Waals surface area contributed by atoms with Crippen molar-refractivity contribution in [2.75, 3.05) is 13.2 Å². The van der Waals surface area contributed by atoms with E-state index >= 15 is 0 Å². The molecule has 0 fully saturated rings. The molecule has 35 heavy (non-hydrogen) atoms. The molecule has 2 aromatic rings. The largest absolute Gasteiger partial charge is 0.490 e. The highest BCUT2D eigenvalue weighted by atomic mass is 16.6. The summed E-state index contributed by atoms with van der Waals surface area (Å²) in [5, 5.41) is 0. The number of rotatable bonds is 17. The van der Waals surface area contributed by atoms with Gasteiger partial charge in [0.15, 0.2) is 6.10 Å². The molecule has 0 heterocycles. The Balaban J connectivity index is 2.06. The van der Waals surface area contributed by atoms with Gasteiger partial charge in [0.2, 0.25) is 0 Å². The van der Waals surface area contributed by atoms with E-state index in [9.17, 15) is 4.79 Å². The van der Waals surface area contributed by atoms with Crippen LogP contribution in [0.4, 0.5) is 0 Å². The third-order valence-corrected chi connectivity index (χ3v) is 5.90. The van der Waals surface area contributed by atoms with E-state index in [1.807, 2.05) is 12.1 Å². The minimum atomic E-state index is -0.544. The summed E-state index contributed by atoms with van der Waals surface area (Å²) in [4.78, 5) is 12.2. The number of unbranched alkanes of at least 4 members (excludes halogenated alkanes) is 3. The van der Waals surface area contributed by atoms with Gasteiger partial charge >= 0.3 is 5.97 Å². The van der Waals surface area contributed by atoms with Gasteiger partial charge < -0.3 is 14.2 Å². The molecule has 0 radical (unpaired) electrons. The Hall–Kier alpha value is -2.75. The highest BCUT2D eigenvalue weighted by Gasteiger charge is 2.18. The normalized spacial score (nSPS) is 11.7. The second kappa shape index (κ2) is 16.0. The van der Waals surface area contributed by atoms with Crippen LogP contribution in [0.1, 0.15) is 82.9 Å². The fourth-order valence-electron chi connectivity index (χ4n) is 3.74. The number of hydrogen-bond acceptors (Lipinski definition) is 4. The van der Waals surface area contributed by atoms with E-state index in [0.717, 1.165) is 56.4 Å². The molecule has 0 saturated carbocycles. The molecule has 0 amide bonds. The molecule has 4 heteroatoms. The quantitative estimate of drug-likeness (QED) is 0.172. The molecule has 0 saturated heterocycles. The van der Waals surface area contributed by atoms with Crippen LogP contribution in [0.2, 0.25) is 0 Å². The molecular formula is C31H44O4. The minimum Gasteiger partial charge on any atom is -0.490 e. The van der Waals surface area contributed by atoms with Crippen LogP contribution in [-0.4, -0.2) is 25.3 Å². The van der Waals surface area contributed by atoms with Crippen molar-refractivity contribution in [1.29, 1.82) is 0 Å². The zero-order valence-corrected chi connectivity index (χ0v) is 22.2. The van der Waals surface area contributed by atoms with Gasteiger partial charge in [-0.15, -0.1) is 0 Å². The van der Waals surface area contributed by atoms with E-state index < -0.39 is 12.1 Å². The van der Waals surface area contributed by atoms with Gasteiger partial charge in [0.05, 0.1) is 0 Å². The molecule has 0 aliphatic rings. The van der Waals surface area contributed by atoms with Crippen LogP contribution >= 0.6 is 0 Å². The fourth-order valence-corrected chi connectivity index (χ4v) is 3.74. The molecular weight excluding hydrogens is 436 g/mol. The highest BCUT2D eigenvalue weighted by molar-refractivity contribution is 5.87. The summed E-state index contributed by atoms with van der Waals surface area (Å²) in [5.41, 5.74) is 4.25. The first kappa shape index (κ1) is 28.5. The number of aryl methyl sites for hydroxylation is 3. The Morgan fingerprint density at radius 3 is 1.71 bits per heavy atom. The summed E-state index contributed by atoms with van der Waals surface area (Å²) < 4.78 is 17.8. The van der Waals surface area contributed by atoms with Crippen LogP contribution in [0.5, 0.6) is 11.5 Å². The number of esters is 1. The van der Waals surface area contributed by atoms with Gasteiger partial charge in [0.1, 0.15) is 24.7 Å². The standard InChI is InChI=1S/C31H44O4/c1-6-9-12-25-15-17-28(18-16-25)33-22-30(35-31(32)24(4)5)23-34-29-20-26(13-10-7-2)19-27(21-29)14-11-8-3/h15-21,30H,4,6-14,22-23H2,1-3,5H3. The lowest BCUT2D eigenvalue weighted by molar-refractivity contribution is -0.147. The first-order chi connectivity index (χ1) is 16.9.